The van der Waals surface area contributed by atoms with Gasteiger partial charge in [0.1, 0.15) is 0 Å². The van der Waals surface area contributed by atoms with Crippen molar-refractivity contribution < 1.29 is 0 Å². The number of benzene rings is 11. The third-order valence-corrected chi connectivity index (χ3v) is 18.3. The molecule has 0 saturated heterocycles. The topological polar surface area (TPSA) is 8.17 Å². The normalized spacial score (nSPS) is 11.6. The lowest BCUT2D eigenvalue weighted by Gasteiger charge is -2.34. The predicted octanol–water partition coefficient (Wildman–Crippen LogP) is 14.1. The molecule has 12 aromatic rings. The lowest BCUT2D eigenvalue weighted by molar-refractivity contribution is 1.18. The van der Waals surface area contributed by atoms with Gasteiger partial charge in [-0.1, -0.05) is 218 Å². The minimum atomic E-state index is -2.71. The van der Waals surface area contributed by atoms with Crippen LogP contribution in [0.4, 0.5) is 17.1 Å². The van der Waals surface area contributed by atoms with Crippen molar-refractivity contribution in [1.82, 2.24) is 4.57 Å². The number of nitrogens with zero attached hydrogens (tertiary/aromatic N) is 2. The second-order valence-corrected chi connectivity index (χ2v) is 21.1. The minimum Gasteiger partial charge on any atom is -0.310 e. The highest BCUT2D eigenvalue weighted by Gasteiger charge is 2.41. The lowest BCUT2D eigenvalue weighted by atomic mass is 10.0. The van der Waals surface area contributed by atoms with Gasteiger partial charge in [-0.05, 0) is 114 Å². The monoisotopic (exact) mass is 870 g/mol. The molecule has 316 valence electrons. The maximum Gasteiger partial charge on any atom is 0.179 e. The van der Waals surface area contributed by atoms with Gasteiger partial charge in [-0.15, -0.1) is 0 Å². The van der Waals surface area contributed by atoms with Crippen LogP contribution in [0.25, 0.3) is 60.5 Å². The molecule has 0 spiro atoms. The first-order chi connectivity index (χ1) is 33.2. The Labute approximate surface area is 392 Å². The molecule has 1 aromatic heterocycles. The molecular formula is C64H46N2Si. The van der Waals surface area contributed by atoms with Crippen molar-refractivity contribution in [3.05, 3.63) is 279 Å². The van der Waals surface area contributed by atoms with Gasteiger partial charge in [-0.25, -0.2) is 0 Å². The van der Waals surface area contributed by atoms with Gasteiger partial charge in [0, 0.05) is 27.8 Å². The third kappa shape index (κ3) is 7.05. The van der Waals surface area contributed by atoms with E-state index < -0.39 is 8.07 Å². The lowest BCUT2D eigenvalue weighted by Crippen LogP contribution is -2.74. The highest BCUT2D eigenvalue weighted by molar-refractivity contribution is 7.19. The maximum absolute atomic E-state index is 2.71. The molecular weight excluding hydrogens is 825 g/mol. The largest absolute Gasteiger partial charge is 0.310 e. The SMILES string of the molecule is c1ccc(-n2c3ccccc3c3c(N(c4ccc(-c5cccc([Si](c6ccccc6)(c6ccccc6)c6ccccc6)c5)cc4)c4ccc(-c5ccc6ccccc6c5)cc4)cccc32)cc1. The van der Waals surface area contributed by atoms with Crippen molar-refractivity contribution in [3.63, 3.8) is 0 Å². The molecule has 0 N–H and O–H groups in total. The molecule has 12 rings (SSSR count). The first-order valence-electron chi connectivity index (χ1n) is 23.1. The summed E-state index contributed by atoms with van der Waals surface area (Å²) >= 11 is 0. The van der Waals surface area contributed by atoms with Gasteiger partial charge in [0.25, 0.3) is 0 Å². The maximum atomic E-state index is 2.46. The standard InChI is InChI=1S/C64H46N2Si/c1-5-22-53(23-6-1)66-61-32-16-15-31-60(61)64-62(33-18-34-63(64)66)65(55-43-39-49(40-44-55)52-36-35-47-19-13-14-20-50(47)45-52)54-41-37-48(38-42-54)51-21-17-30-59(46-51)67(56-24-7-2-8-25-56,57-26-9-3-10-27-57)58-28-11-4-12-29-58/h1-46H. The van der Waals surface area contributed by atoms with Gasteiger partial charge < -0.3 is 9.47 Å². The average Bonchev–Trinajstić information content (AvgIpc) is 3.76. The van der Waals surface area contributed by atoms with E-state index in [9.17, 15) is 0 Å². The van der Waals surface area contributed by atoms with Crippen LogP contribution in [-0.4, -0.2) is 12.6 Å². The van der Waals surface area contributed by atoms with E-state index in [0.29, 0.717) is 0 Å². The Bertz CT molecular complexity index is 3560. The predicted molar refractivity (Wildman–Crippen MR) is 287 cm³/mol. The minimum absolute atomic E-state index is 1.09. The van der Waals surface area contributed by atoms with E-state index in [-0.39, 0.29) is 0 Å². The highest BCUT2D eigenvalue weighted by Crippen LogP contribution is 2.44. The van der Waals surface area contributed by atoms with E-state index in [4.69, 9.17) is 0 Å². The number of para-hydroxylation sites is 2. The summed E-state index contributed by atoms with van der Waals surface area (Å²) in [6.45, 7) is 0. The summed E-state index contributed by atoms with van der Waals surface area (Å²) in [5.74, 6) is 0. The Morgan fingerprint density at radius 2 is 0.761 bits per heavy atom. The fourth-order valence-corrected chi connectivity index (χ4v) is 15.2. The van der Waals surface area contributed by atoms with E-state index >= 15 is 0 Å². The third-order valence-electron chi connectivity index (χ3n) is 13.5. The second kappa shape index (κ2) is 17.1. The summed E-state index contributed by atoms with van der Waals surface area (Å²) in [7, 11) is -2.71. The Hall–Kier alpha value is -8.50. The molecule has 67 heavy (non-hydrogen) atoms. The first kappa shape index (κ1) is 40.0. The zero-order valence-electron chi connectivity index (χ0n) is 37.0. The van der Waals surface area contributed by atoms with Crippen molar-refractivity contribution in [2.45, 2.75) is 0 Å². The summed E-state index contributed by atoms with van der Waals surface area (Å²) in [6, 6.07) is 103. The molecule has 0 bridgehead atoms. The van der Waals surface area contributed by atoms with Crippen LogP contribution in [-0.2, 0) is 0 Å². The molecule has 1 heterocycles. The van der Waals surface area contributed by atoms with Gasteiger partial charge in [0.2, 0.25) is 0 Å². The Kier molecular flexibility index (Phi) is 10.2. The van der Waals surface area contributed by atoms with Crippen LogP contribution in [0.15, 0.2) is 279 Å². The quantitative estimate of drug-likeness (QED) is 0.0982. The Morgan fingerprint density at radius 1 is 0.299 bits per heavy atom. The summed E-state index contributed by atoms with van der Waals surface area (Å²) in [5.41, 5.74) is 11.6. The van der Waals surface area contributed by atoms with Crippen LogP contribution in [0.5, 0.6) is 0 Å². The Balaban J connectivity index is 1.01. The summed E-state index contributed by atoms with van der Waals surface area (Å²) in [5, 5.41) is 10.4. The molecule has 0 saturated carbocycles. The highest BCUT2D eigenvalue weighted by atomic mass is 28.3. The fraction of sp³-hybridized carbons (Fsp3) is 0. The number of anilines is 3. The Morgan fingerprint density at radius 3 is 1.37 bits per heavy atom. The molecule has 0 fully saturated rings. The van der Waals surface area contributed by atoms with Crippen molar-refractivity contribution in [2.75, 3.05) is 4.90 Å². The number of hydrogen-bond donors (Lipinski definition) is 0. The van der Waals surface area contributed by atoms with E-state index in [1.165, 1.54) is 75.6 Å². The molecule has 0 radical (unpaired) electrons. The van der Waals surface area contributed by atoms with Gasteiger partial charge >= 0.3 is 0 Å². The number of aromatic nitrogens is 1. The molecule has 0 amide bonds. The van der Waals surface area contributed by atoms with Gasteiger partial charge in [0.15, 0.2) is 8.07 Å². The van der Waals surface area contributed by atoms with Crippen LogP contribution < -0.4 is 25.6 Å². The van der Waals surface area contributed by atoms with Gasteiger partial charge in [0.05, 0.1) is 16.7 Å². The van der Waals surface area contributed by atoms with Crippen LogP contribution in [0.3, 0.4) is 0 Å². The molecule has 0 aliphatic carbocycles. The fourth-order valence-electron chi connectivity index (χ4n) is 10.4. The van der Waals surface area contributed by atoms with E-state index in [1.807, 2.05) is 0 Å². The molecule has 0 atom stereocenters. The van der Waals surface area contributed by atoms with E-state index in [2.05, 4.69) is 289 Å². The van der Waals surface area contributed by atoms with Crippen molar-refractivity contribution in [1.29, 1.82) is 0 Å². The summed E-state index contributed by atoms with van der Waals surface area (Å²) in [4.78, 5) is 2.44. The molecule has 3 heteroatoms. The van der Waals surface area contributed by atoms with Crippen molar-refractivity contribution in [3.8, 4) is 27.9 Å². The number of rotatable bonds is 10. The second-order valence-electron chi connectivity index (χ2n) is 17.3. The van der Waals surface area contributed by atoms with Gasteiger partial charge in [-0.2, -0.15) is 0 Å². The summed E-state index contributed by atoms with van der Waals surface area (Å²) < 4.78 is 2.40. The molecule has 0 aliphatic heterocycles. The first-order valence-corrected chi connectivity index (χ1v) is 25.1. The zero-order valence-corrected chi connectivity index (χ0v) is 38.0. The number of hydrogen-bond acceptors (Lipinski definition) is 1. The van der Waals surface area contributed by atoms with E-state index in [0.717, 1.165) is 22.7 Å². The van der Waals surface area contributed by atoms with Gasteiger partial charge in [-0.3, -0.25) is 0 Å². The van der Waals surface area contributed by atoms with Crippen LogP contribution in [0, 0.1) is 0 Å². The van der Waals surface area contributed by atoms with E-state index in [1.54, 1.807) is 0 Å². The summed E-state index contributed by atoms with van der Waals surface area (Å²) in [6.07, 6.45) is 0. The molecule has 0 unspecified atom stereocenters. The van der Waals surface area contributed by atoms with Crippen LogP contribution >= 0.6 is 0 Å². The smallest absolute Gasteiger partial charge is 0.179 e. The van der Waals surface area contributed by atoms with Crippen molar-refractivity contribution in [2.24, 2.45) is 0 Å². The molecule has 2 nitrogen and oxygen atoms in total. The van der Waals surface area contributed by atoms with Crippen LogP contribution in [0.1, 0.15) is 0 Å². The van der Waals surface area contributed by atoms with Crippen molar-refractivity contribution >= 4 is 78.5 Å². The molecule has 0 aliphatic rings. The molecule has 11 aromatic carbocycles. The number of fused-ring (bicyclic) bond motifs is 4. The zero-order chi connectivity index (χ0) is 44.6. The van der Waals surface area contributed by atoms with Crippen LogP contribution in [0.2, 0.25) is 0 Å². The average molecular weight is 871 g/mol.